The Bertz CT molecular complexity index is 669. The van der Waals surface area contributed by atoms with Crippen LogP contribution in [-0.4, -0.2) is 40.1 Å². The number of thiazole rings is 1. The molecular formula is C21H34N2O2S. The lowest BCUT2D eigenvalue weighted by Gasteiger charge is -2.53. The van der Waals surface area contributed by atoms with E-state index >= 15 is 0 Å². The van der Waals surface area contributed by atoms with Gasteiger partial charge in [0.05, 0.1) is 16.8 Å². The van der Waals surface area contributed by atoms with Gasteiger partial charge in [0.15, 0.2) is 0 Å². The highest BCUT2D eigenvalue weighted by Gasteiger charge is 2.53. The van der Waals surface area contributed by atoms with Crippen LogP contribution in [0.5, 0.6) is 0 Å². The molecule has 0 aliphatic heterocycles. The minimum Gasteiger partial charge on any atom is -0.392 e. The highest BCUT2D eigenvalue weighted by Crippen LogP contribution is 2.57. The van der Waals surface area contributed by atoms with E-state index in [1.54, 1.807) is 0 Å². The van der Waals surface area contributed by atoms with Crippen LogP contribution in [-0.2, 0) is 11.2 Å². The van der Waals surface area contributed by atoms with Gasteiger partial charge in [0.2, 0.25) is 5.91 Å². The SMILES string of the molecule is CCN(CC)C(=O)[C@@H](C)[C@@H]1CC[C@@]2(C)Cc3sc(C)nc3[C@@H](C)[C@@H]2[C@H]1O. The van der Waals surface area contributed by atoms with Crippen LogP contribution < -0.4 is 0 Å². The van der Waals surface area contributed by atoms with Gasteiger partial charge in [-0.2, -0.15) is 0 Å². The van der Waals surface area contributed by atoms with Gasteiger partial charge in [-0.15, -0.1) is 11.3 Å². The van der Waals surface area contributed by atoms with Crippen LogP contribution in [0, 0.1) is 30.1 Å². The Morgan fingerprint density at radius 2 is 2.08 bits per heavy atom. The largest absolute Gasteiger partial charge is 0.392 e. The van der Waals surface area contributed by atoms with Crippen molar-refractivity contribution < 1.29 is 9.90 Å². The van der Waals surface area contributed by atoms with Crippen LogP contribution in [0.25, 0.3) is 0 Å². The minimum atomic E-state index is -0.437. The van der Waals surface area contributed by atoms with E-state index in [0.29, 0.717) is 0 Å². The summed E-state index contributed by atoms with van der Waals surface area (Å²) in [5, 5.41) is 12.5. The molecule has 1 fully saturated rings. The number of aryl methyl sites for hydroxylation is 1. The zero-order valence-electron chi connectivity index (χ0n) is 17.1. The fourth-order valence-corrected chi connectivity index (χ4v) is 6.91. The second-order valence-corrected chi connectivity index (χ2v) is 9.97. The van der Waals surface area contributed by atoms with E-state index < -0.39 is 6.10 Å². The summed E-state index contributed by atoms with van der Waals surface area (Å²) in [4.78, 5) is 21.0. The smallest absolute Gasteiger partial charge is 0.225 e. The molecule has 0 radical (unpaired) electrons. The van der Waals surface area contributed by atoms with Gasteiger partial charge in [-0.1, -0.05) is 20.8 Å². The van der Waals surface area contributed by atoms with Gasteiger partial charge in [-0.25, -0.2) is 4.98 Å². The molecule has 26 heavy (non-hydrogen) atoms. The zero-order chi connectivity index (χ0) is 19.2. The van der Waals surface area contributed by atoms with Crippen LogP contribution in [0.15, 0.2) is 0 Å². The summed E-state index contributed by atoms with van der Waals surface area (Å²) in [6.45, 7) is 14.2. The number of hydrogen-bond acceptors (Lipinski definition) is 4. The molecule has 5 heteroatoms. The first-order chi connectivity index (χ1) is 12.2. The first kappa shape index (κ1) is 19.8. The standard InChI is InChI=1S/C21H34N2O2S/c1-7-23(8-2)20(25)12(3)15-9-10-21(6)11-16-18(22-14(5)26-16)13(4)17(21)19(15)24/h12-13,15,17,19,24H,7-11H2,1-6H3/t12-,13-,15-,17+,19-,21-/m0/s1. The number of carbonyl (C=O) groups is 1. The van der Waals surface area contributed by atoms with E-state index in [1.165, 1.54) is 10.6 Å². The Morgan fingerprint density at radius 1 is 1.42 bits per heavy atom. The van der Waals surface area contributed by atoms with E-state index in [2.05, 4.69) is 20.8 Å². The van der Waals surface area contributed by atoms with Gasteiger partial charge in [-0.05, 0) is 57.3 Å². The van der Waals surface area contributed by atoms with Crippen LogP contribution in [0.2, 0.25) is 0 Å². The van der Waals surface area contributed by atoms with Gasteiger partial charge in [0, 0.05) is 29.8 Å². The summed E-state index contributed by atoms with van der Waals surface area (Å²) in [6.07, 6.45) is 2.59. The molecule has 4 nitrogen and oxygen atoms in total. The maximum Gasteiger partial charge on any atom is 0.225 e. The van der Waals surface area contributed by atoms with Crippen LogP contribution >= 0.6 is 11.3 Å². The number of aliphatic hydroxyl groups excluding tert-OH is 1. The lowest BCUT2D eigenvalue weighted by Crippen LogP contribution is -2.53. The number of carbonyl (C=O) groups excluding carboxylic acids is 1. The first-order valence-corrected chi connectivity index (χ1v) is 11.0. The Morgan fingerprint density at radius 3 is 2.69 bits per heavy atom. The number of hydrogen-bond donors (Lipinski definition) is 1. The van der Waals surface area contributed by atoms with E-state index in [9.17, 15) is 9.90 Å². The summed E-state index contributed by atoms with van der Waals surface area (Å²) >= 11 is 1.82. The van der Waals surface area contributed by atoms with Crippen molar-refractivity contribution in [3.05, 3.63) is 15.6 Å². The number of aromatic nitrogens is 1. The molecule has 1 saturated carbocycles. The Balaban J connectivity index is 1.87. The summed E-state index contributed by atoms with van der Waals surface area (Å²) in [5.74, 6) is 0.547. The van der Waals surface area contributed by atoms with Crippen molar-refractivity contribution in [2.75, 3.05) is 13.1 Å². The van der Waals surface area contributed by atoms with Crippen molar-refractivity contribution in [2.24, 2.45) is 23.2 Å². The van der Waals surface area contributed by atoms with Crippen LogP contribution in [0.1, 0.15) is 69.0 Å². The first-order valence-electron chi connectivity index (χ1n) is 10.2. The molecular weight excluding hydrogens is 344 g/mol. The van der Waals surface area contributed by atoms with E-state index in [0.717, 1.165) is 37.4 Å². The van der Waals surface area contributed by atoms with Gasteiger partial charge >= 0.3 is 0 Å². The van der Waals surface area contributed by atoms with Gasteiger partial charge < -0.3 is 10.0 Å². The number of fused-ring (bicyclic) bond motifs is 2. The summed E-state index contributed by atoms with van der Waals surface area (Å²) < 4.78 is 0. The second kappa shape index (κ2) is 7.23. The van der Waals surface area contributed by atoms with E-state index in [4.69, 9.17) is 4.98 Å². The molecule has 1 aromatic heterocycles. The zero-order valence-corrected chi connectivity index (χ0v) is 17.9. The highest BCUT2D eigenvalue weighted by molar-refractivity contribution is 7.11. The molecule has 0 aromatic carbocycles. The molecule has 3 rings (SSSR count). The van der Waals surface area contributed by atoms with Gasteiger partial charge in [0.1, 0.15) is 0 Å². The summed E-state index contributed by atoms with van der Waals surface area (Å²) in [6, 6.07) is 0. The van der Waals surface area contributed by atoms with Crippen molar-refractivity contribution >= 4 is 17.2 Å². The predicted octanol–water partition coefficient (Wildman–Crippen LogP) is 4.01. The normalized spacial score (nSPS) is 34.7. The Hall–Kier alpha value is -0.940. The Labute approximate surface area is 162 Å². The maximum atomic E-state index is 12.9. The van der Waals surface area contributed by atoms with E-state index in [1.807, 2.05) is 37.0 Å². The van der Waals surface area contributed by atoms with Crippen LogP contribution in [0.4, 0.5) is 0 Å². The van der Waals surface area contributed by atoms with Gasteiger partial charge in [-0.3, -0.25) is 4.79 Å². The molecule has 1 N–H and O–H groups in total. The van der Waals surface area contributed by atoms with Crippen LogP contribution in [0.3, 0.4) is 0 Å². The topological polar surface area (TPSA) is 53.4 Å². The molecule has 0 bridgehead atoms. The molecule has 1 aromatic rings. The minimum absolute atomic E-state index is 0.0462. The molecule has 0 unspecified atom stereocenters. The molecule has 2 aliphatic rings. The molecule has 0 spiro atoms. The number of aliphatic hydroxyl groups is 1. The molecule has 6 atom stereocenters. The number of amides is 1. The molecule has 1 amide bonds. The highest BCUT2D eigenvalue weighted by atomic mass is 32.1. The third-order valence-electron chi connectivity index (χ3n) is 7.14. The summed E-state index contributed by atoms with van der Waals surface area (Å²) in [7, 11) is 0. The van der Waals surface area contributed by atoms with Crippen molar-refractivity contribution in [2.45, 2.75) is 72.8 Å². The van der Waals surface area contributed by atoms with Crippen molar-refractivity contribution in [3.63, 3.8) is 0 Å². The monoisotopic (exact) mass is 378 g/mol. The average Bonchev–Trinajstić information content (AvgIpc) is 2.95. The second-order valence-electron chi connectivity index (χ2n) is 8.68. The number of nitrogens with zero attached hydrogens (tertiary/aromatic N) is 2. The van der Waals surface area contributed by atoms with E-state index in [-0.39, 0.29) is 35.0 Å². The van der Waals surface area contributed by atoms with Crippen molar-refractivity contribution in [1.29, 1.82) is 0 Å². The molecule has 2 aliphatic carbocycles. The lowest BCUT2D eigenvalue weighted by molar-refractivity contribution is -0.144. The third kappa shape index (κ3) is 3.11. The Kier molecular flexibility index (Phi) is 5.51. The molecule has 146 valence electrons. The quantitative estimate of drug-likeness (QED) is 0.861. The van der Waals surface area contributed by atoms with Crippen molar-refractivity contribution in [1.82, 2.24) is 9.88 Å². The molecule has 1 heterocycles. The fourth-order valence-electron chi connectivity index (χ4n) is 5.67. The van der Waals surface area contributed by atoms with Crippen molar-refractivity contribution in [3.8, 4) is 0 Å². The number of rotatable bonds is 4. The third-order valence-corrected chi connectivity index (χ3v) is 8.12. The summed E-state index contributed by atoms with van der Waals surface area (Å²) in [5.41, 5.74) is 1.30. The lowest BCUT2D eigenvalue weighted by atomic mass is 9.53. The fraction of sp³-hybridized carbons (Fsp3) is 0.810. The van der Waals surface area contributed by atoms with Gasteiger partial charge in [0.25, 0.3) is 0 Å². The predicted molar refractivity (Wildman–Crippen MR) is 106 cm³/mol. The average molecular weight is 379 g/mol. The maximum absolute atomic E-state index is 12.9. The molecule has 0 saturated heterocycles.